The van der Waals surface area contributed by atoms with Crippen molar-refractivity contribution in [2.24, 2.45) is 5.73 Å². The molecule has 0 radical (unpaired) electrons. The molecule has 80 valence electrons. The van der Waals surface area contributed by atoms with Crippen molar-refractivity contribution in [3.8, 4) is 0 Å². The van der Waals surface area contributed by atoms with Gasteiger partial charge in [-0.25, -0.2) is 4.98 Å². The number of hydrogen-bond donors (Lipinski definition) is 1. The zero-order valence-electron chi connectivity index (χ0n) is 8.90. The molecule has 0 aromatic carbocycles. The van der Waals surface area contributed by atoms with E-state index in [1.165, 1.54) is 0 Å². The minimum Gasteiger partial charge on any atom is -0.446 e. The van der Waals surface area contributed by atoms with Crippen molar-refractivity contribution < 1.29 is 4.42 Å². The van der Waals surface area contributed by atoms with Crippen molar-refractivity contribution in [2.75, 3.05) is 0 Å². The van der Waals surface area contributed by atoms with Gasteiger partial charge in [-0.2, -0.15) is 5.10 Å². The normalized spacial score (nSPS) is 10.9. The fourth-order valence-electron chi connectivity index (χ4n) is 1.47. The van der Waals surface area contributed by atoms with Crippen molar-refractivity contribution in [3.63, 3.8) is 0 Å². The Balaban J connectivity index is 2.17. The van der Waals surface area contributed by atoms with Crippen LogP contribution in [0.4, 0.5) is 0 Å². The number of aromatic nitrogens is 3. The Hall–Kier alpha value is -1.62. The van der Waals surface area contributed by atoms with Gasteiger partial charge in [0, 0.05) is 25.2 Å². The summed E-state index contributed by atoms with van der Waals surface area (Å²) in [5, 5.41) is 4.19. The topological polar surface area (TPSA) is 69.9 Å². The first-order chi connectivity index (χ1) is 7.19. The summed E-state index contributed by atoms with van der Waals surface area (Å²) in [6.45, 7) is 4.88. The van der Waals surface area contributed by atoms with Gasteiger partial charge in [-0.3, -0.25) is 4.68 Å². The molecule has 2 heterocycles. The maximum atomic E-state index is 5.50. The van der Waals surface area contributed by atoms with Crippen molar-refractivity contribution >= 4 is 0 Å². The van der Waals surface area contributed by atoms with E-state index in [0.717, 1.165) is 17.0 Å². The lowest BCUT2D eigenvalue weighted by molar-refractivity contribution is 0.491. The smallest absolute Gasteiger partial charge is 0.191 e. The minimum atomic E-state index is 0.511. The molecule has 2 aromatic heterocycles. The SMILES string of the molecule is Cc1nc(Cn2cc(CN)cn2)c(C)o1. The molecule has 2 rings (SSSR count). The van der Waals surface area contributed by atoms with Gasteiger partial charge in [-0.15, -0.1) is 0 Å². The number of nitrogens with zero attached hydrogens (tertiary/aromatic N) is 3. The van der Waals surface area contributed by atoms with Gasteiger partial charge in [0.2, 0.25) is 0 Å². The first-order valence-corrected chi connectivity index (χ1v) is 4.83. The zero-order valence-corrected chi connectivity index (χ0v) is 8.90. The summed E-state index contributed by atoms with van der Waals surface area (Å²) >= 11 is 0. The van der Waals surface area contributed by atoms with Crippen LogP contribution in [0.5, 0.6) is 0 Å². The maximum Gasteiger partial charge on any atom is 0.191 e. The van der Waals surface area contributed by atoms with Gasteiger partial charge in [0.1, 0.15) is 11.5 Å². The van der Waals surface area contributed by atoms with Gasteiger partial charge in [0.05, 0.1) is 12.7 Å². The Kier molecular flexibility index (Phi) is 2.55. The molecule has 15 heavy (non-hydrogen) atoms. The van der Waals surface area contributed by atoms with E-state index in [9.17, 15) is 0 Å². The lowest BCUT2D eigenvalue weighted by Gasteiger charge is -1.97. The molecule has 0 spiro atoms. The lowest BCUT2D eigenvalue weighted by Crippen LogP contribution is -2.02. The van der Waals surface area contributed by atoms with Crippen LogP contribution in [0.15, 0.2) is 16.8 Å². The Morgan fingerprint density at radius 3 is 2.80 bits per heavy atom. The summed E-state index contributed by atoms with van der Waals surface area (Å²) in [6.07, 6.45) is 3.69. The number of oxazole rings is 1. The molecule has 0 aliphatic heterocycles. The fourth-order valence-corrected chi connectivity index (χ4v) is 1.47. The molecule has 0 saturated carbocycles. The first-order valence-electron chi connectivity index (χ1n) is 4.83. The summed E-state index contributed by atoms with van der Waals surface area (Å²) in [7, 11) is 0. The van der Waals surface area contributed by atoms with Crippen molar-refractivity contribution in [3.05, 3.63) is 35.3 Å². The lowest BCUT2D eigenvalue weighted by atomic mass is 10.3. The Bertz CT molecular complexity index is 458. The van der Waals surface area contributed by atoms with Crippen molar-refractivity contribution in [2.45, 2.75) is 26.9 Å². The second kappa shape index (κ2) is 3.86. The molecule has 0 amide bonds. The van der Waals surface area contributed by atoms with Gasteiger partial charge in [-0.1, -0.05) is 0 Å². The van der Waals surface area contributed by atoms with E-state index in [4.69, 9.17) is 10.2 Å². The average Bonchev–Trinajstić information content (AvgIpc) is 2.75. The highest BCUT2D eigenvalue weighted by molar-refractivity contribution is 5.10. The third kappa shape index (κ3) is 2.07. The predicted octanol–water partition coefficient (Wildman–Crippen LogP) is 0.995. The molecule has 0 atom stereocenters. The van der Waals surface area contributed by atoms with Gasteiger partial charge in [0.25, 0.3) is 0 Å². The largest absolute Gasteiger partial charge is 0.446 e. The summed E-state index contributed by atoms with van der Waals surface area (Å²) in [6, 6.07) is 0. The van der Waals surface area contributed by atoms with Crippen LogP contribution >= 0.6 is 0 Å². The van der Waals surface area contributed by atoms with E-state index in [2.05, 4.69) is 10.1 Å². The molecule has 2 aromatic rings. The standard InChI is InChI=1S/C10H14N4O/c1-7-10(13-8(2)15-7)6-14-5-9(3-11)4-12-14/h4-5H,3,6,11H2,1-2H3. The zero-order chi connectivity index (χ0) is 10.8. The molecule has 0 saturated heterocycles. The highest BCUT2D eigenvalue weighted by Crippen LogP contribution is 2.10. The van der Waals surface area contributed by atoms with E-state index >= 15 is 0 Å². The van der Waals surface area contributed by atoms with E-state index in [0.29, 0.717) is 19.0 Å². The fraction of sp³-hybridized carbons (Fsp3) is 0.400. The molecule has 0 bridgehead atoms. The van der Waals surface area contributed by atoms with Crippen LogP contribution in [0.25, 0.3) is 0 Å². The van der Waals surface area contributed by atoms with E-state index in [1.54, 1.807) is 6.20 Å². The quantitative estimate of drug-likeness (QED) is 0.813. The maximum absolute atomic E-state index is 5.50. The molecule has 0 aliphatic rings. The van der Waals surface area contributed by atoms with Crippen molar-refractivity contribution in [1.82, 2.24) is 14.8 Å². The number of rotatable bonds is 3. The Morgan fingerprint density at radius 1 is 1.47 bits per heavy atom. The van der Waals surface area contributed by atoms with Crippen LogP contribution in [0.2, 0.25) is 0 Å². The minimum absolute atomic E-state index is 0.511. The van der Waals surface area contributed by atoms with Crippen LogP contribution in [0.3, 0.4) is 0 Å². The third-order valence-corrected chi connectivity index (χ3v) is 2.23. The van der Waals surface area contributed by atoms with Crippen molar-refractivity contribution in [1.29, 1.82) is 0 Å². The first kappa shape index (κ1) is 9.92. The summed E-state index contributed by atoms with van der Waals surface area (Å²) in [5.41, 5.74) is 7.44. The van der Waals surface area contributed by atoms with Crippen LogP contribution < -0.4 is 5.73 Å². The Labute approximate surface area is 87.9 Å². The van der Waals surface area contributed by atoms with Crippen LogP contribution in [-0.2, 0) is 13.1 Å². The van der Waals surface area contributed by atoms with E-state index in [1.807, 2.05) is 24.7 Å². The monoisotopic (exact) mass is 206 g/mol. The third-order valence-electron chi connectivity index (χ3n) is 2.23. The molecule has 5 heteroatoms. The van der Waals surface area contributed by atoms with Crippen LogP contribution in [-0.4, -0.2) is 14.8 Å². The van der Waals surface area contributed by atoms with Gasteiger partial charge in [-0.05, 0) is 6.92 Å². The highest BCUT2D eigenvalue weighted by Gasteiger charge is 2.07. The number of hydrogen-bond acceptors (Lipinski definition) is 4. The summed E-state index contributed by atoms with van der Waals surface area (Å²) in [5.74, 6) is 1.53. The Morgan fingerprint density at radius 2 is 2.27 bits per heavy atom. The summed E-state index contributed by atoms with van der Waals surface area (Å²) < 4.78 is 7.15. The number of nitrogens with two attached hydrogens (primary N) is 1. The molecular weight excluding hydrogens is 192 g/mol. The molecule has 0 unspecified atom stereocenters. The number of aryl methyl sites for hydroxylation is 2. The average molecular weight is 206 g/mol. The second-order valence-corrected chi connectivity index (χ2v) is 3.49. The molecule has 0 aliphatic carbocycles. The van der Waals surface area contributed by atoms with Crippen LogP contribution in [0, 0.1) is 13.8 Å². The van der Waals surface area contributed by atoms with E-state index in [-0.39, 0.29) is 0 Å². The molecule has 5 nitrogen and oxygen atoms in total. The molecular formula is C10H14N4O. The van der Waals surface area contributed by atoms with Crippen LogP contribution in [0.1, 0.15) is 22.9 Å². The predicted molar refractivity (Wildman–Crippen MR) is 55.2 cm³/mol. The van der Waals surface area contributed by atoms with Gasteiger partial charge >= 0.3 is 0 Å². The van der Waals surface area contributed by atoms with Gasteiger partial charge in [0.15, 0.2) is 5.89 Å². The van der Waals surface area contributed by atoms with E-state index < -0.39 is 0 Å². The highest BCUT2D eigenvalue weighted by atomic mass is 16.4. The van der Waals surface area contributed by atoms with Gasteiger partial charge < -0.3 is 10.2 Å². The molecule has 0 fully saturated rings. The molecule has 2 N–H and O–H groups in total. The summed E-state index contributed by atoms with van der Waals surface area (Å²) in [4.78, 5) is 4.28. The second-order valence-electron chi connectivity index (χ2n) is 3.49.